The topological polar surface area (TPSA) is 88.8 Å². The Morgan fingerprint density at radius 1 is 1.09 bits per heavy atom. The molecule has 0 radical (unpaired) electrons. The van der Waals surface area contributed by atoms with Gasteiger partial charge in [-0.05, 0) is 31.2 Å². The standard InChI is InChI=1S/C26H24FN3O4/c1-14-28-20-8-5-16(27)10-23(20)30(14)22-4-2-3-19-21(13-34-26(19)22)29-17-6-7-18-15(9-25(31)32)12-33-24(18)11-17/h2-8,10-11,15,21,25,29,31-32H,9,12-13H2,1H3. The van der Waals surface area contributed by atoms with Gasteiger partial charge in [0.1, 0.15) is 29.7 Å². The Hall–Kier alpha value is -3.62. The van der Waals surface area contributed by atoms with Crippen molar-refractivity contribution in [1.82, 2.24) is 9.55 Å². The van der Waals surface area contributed by atoms with Gasteiger partial charge in [-0.15, -0.1) is 0 Å². The molecule has 0 fully saturated rings. The molecule has 2 unspecified atom stereocenters. The normalized spacial score (nSPS) is 18.6. The summed E-state index contributed by atoms with van der Waals surface area (Å²) in [5, 5.41) is 22.1. The molecule has 0 saturated carbocycles. The van der Waals surface area contributed by atoms with Crippen LogP contribution < -0.4 is 14.8 Å². The first-order valence-corrected chi connectivity index (χ1v) is 11.3. The van der Waals surface area contributed by atoms with Crippen molar-refractivity contribution in [2.75, 3.05) is 18.5 Å². The fourth-order valence-corrected chi connectivity index (χ4v) is 5.02. The lowest BCUT2D eigenvalue weighted by Crippen LogP contribution is -2.12. The third-order valence-corrected chi connectivity index (χ3v) is 6.55. The Labute approximate surface area is 195 Å². The molecule has 7 nitrogen and oxygen atoms in total. The van der Waals surface area contributed by atoms with Crippen LogP contribution in [-0.4, -0.2) is 39.3 Å². The largest absolute Gasteiger partial charge is 0.493 e. The van der Waals surface area contributed by atoms with E-state index in [0.717, 1.165) is 45.3 Å². The smallest absolute Gasteiger partial charge is 0.152 e. The summed E-state index contributed by atoms with van der Waals surface area (Å²) >= 11 is 0. The highest BCUT2D eigenvalue weighted by atomic mass is 19.1. The Balaban J connectivity index is 1.31. The molecule has 0 bridgehead atoms. The van der Waals surface area contributed by atoms with E-state index in [2.05, 4.69) is 10.3 Å². The number of rotatable bonds is 5. The minimum absolute atomic E-state index is 0.0276. The van der Waals surface area contributed by atoms with Gasteiger partial charge in [0.15, 0.2) is 6.29 Å². The van der Waals surface area contributed by atoms with Crippen molar-refractivity contribution in [3.8, 4) is 17.2 Å². The maximum Gasteiger partial charge on any atom is 0.152 e. The van der Waals surface area contributed by atoms with E-state index < -0.39 is 6.29 Å². The number of aromatic nitrogens is 2. The van der Waals surface area contributed by atoms with Crippen LogP contribution >= 0.6 is 0 Å². The average Bonchev–Trinajstić information content (AvgIpc) is 3.48. The summed E-state index contributed by atoms with van der Waals surface area (Å²) in [5.74, 6) is 1.93. The minimum atomic E-state index is -1.36. The first kappa shape index (κ1) is 20.9. The Bertz CT molecular complexity index is 1400. The second-order valence-electron chi connectivity index (χ2n) is 8.81. The SMILES string of the molecule is Cc1nc2ccc(F)cc2n1-c1cccc2c1OCC2Nc1ccc2c(c1)OCC2CC(O)O. The third-order valence-electron chi connectivity index (χ3n) is 6.55. The van der Waals surface area contributed by atoms with Crippen LogP contribution in [0.2, 0.25) is 0 Å². The van der Waals surface area contributed by atoms with E-state index in [-0.39, 0.29) is 24.2 Å². The van der Waals surface area contributed by atoms with E-state index in [1.54, 1.807) is 6.07 Å². The van der Waals surface area contributed by atoms with Crippen LogP contribution in [0.25, 0.3) is 16.7 Å². The first-order chi connectivity index (χ1) is 16.5. The van der Waals surface area contributed by atoms with E-state index >= 15 is 0 Å². The van der Waals surface area contributed by atoms with Gasteiger partial charge in [-0.3, -0.25) is 4.57 Å². The molecule has 3 N–H and O–H groups in total. The maximum atomic E-state index is 14.0. The van der Waals surface area contributed by atoms with Crippen molar-refractivity contribution >= 4 is 16.7 Å². The number of para-hydroxylation sites is 1. The zero-order valence-electron chi connectivity index (χ0n) is 18.5. The van der Waals surface area contributed by atoms with Gasteiger partial charge in [0.25, 0.3) is 0 Å². The van der Waals surface area contributed by atoms with Gasteiger partial charge in [-0.2, -0.15) is 0 Å². The van der Waals surface area contributed by atoms with Gasteiger partial charge in [0.2, 0.25) is 0 Å². The average molecular weight is 461 g/mol. The van der Waals surface area contributed by atoms with Crippen LogP contribution in [0.5, 0.6) is 11.5 Å². The summed E-state index contributed by atoms with van der Waals surface area (Å²) in [5.41, 5.74) is 5.15. The molecule has 1 aromatic heterocycles. The van der Waals surface area contributed by atoms with Gasteiger partial charge in [-0.25, -0.2) is 9.37 Å². The number of benzene rings is 3. The van der Waals surface area contributed by atoms with Crippen LogP contribution in [0, 0.1) is 12.7 Å². The fourth-order valence-electron chi connectivity index (χ4n) is 5.02. The van der Waals surface area contributed by atoms with Crippen molar-refractivity contribution in [2.45, 2.75) is 31.6 Å². The predicted molar refractivity (Wildman–Crippen MR) is 125 cm³/mol. The molecule has 2 atom stereocenters. The molecule has 0 amide bonds. The monoisotopic (exact) mass is 461 g/mol. The number of nitrogens with zero attached hydrogens (tertiary/aromatic N) is 2. The second kappa shape index (κ2) is 8.00. The zero-order chi connectivity index (χ0) is 23.4. The molecule has 2 aliphatic rings. The van der Waals surface area contributed by atoms with Gasteiger partial charge >= 0.3 is 0 Å². The predicted octanol–water partition coefficient (Wildman–Crippen LogP) is 4.20. The number of ether oxygens (including phenoxy) is 2. The Morgan fingerprint density at radius 2 is 1.97 bits per heavy atom. The van der Waals surface area contributed by atoms with E-state index in [1.807, 2.05) is 47.9 Å². The quantitative estimate of drug-likeness (QED) is 0.386. The molecular weight excluding hydrogens is 437 g/mol. The molecule has 8 heteroatoms. The molecule has 2 aliphatic heterocycles. The van der Waals surface area contributed by atoms with Crippen LogP contribution in [0.3, 0.4) is 0 Å². The van der Waals surface area contributed by atoms with Crippen LogP contribution in [0.1, 0.15) is 35.3 Å². The maximum absolute atomic E-state index is 14.0. The minimum Gasteiger partial charge on any atom is -0.493 e. The number of anilines is 1. The van der Waals surface area contributed by atoms with Crippen LogP contribution in [0.4, 0.5) is 10.1 Å². The summed E-state index contributed by atoms with van der Waals surface area (Å²) in [6, 6.07) is 16.4. The zero-order valence-corrected chi connectivity index (χ0v) is 18.5. The summed E-state index contributed by atoms with van der Waals surface area (Å²) in [6.45, 7) is 2.78. The number of nitrogens with one attached hydrogen (secondary N) is 1. The molecule has 0 spiro atoms. The highest BCUT2D eigenvalue weighted by molar-refractivity contribution is 5.79. The van der Waals surface area contributed by atoms with Gasteiger partial charge in [0.05, 0.1) is 29.4 Å². The molecule has 3 heterocycles. The molecule has 3 aromatic carbocycles. The Kier molecular flexibility index (Phi) is 4.93. The summed E-state index contributed by atoms with van der Waals surface area (Å²) in [6.07, 6.45) is -1.11. The number of halogens is 1. The van der Waals surface area contributed by atoms with E-state index in [9.17, 15) is 14.6 Å². The van der Waals surface area contributed by atoms with Crippen LogP contribution in [0.15, 0.2) is 54.6 Å². The van der Waals surface area contributed by atoms with Crippen molar-refractivity contribution in [2.24, 2.45) is 0 Å². The van der Waals surface area contributed by atoms with Gasteiger partial charge in [-0.1, -0.05) is 18.2 Å². The number of aliphatic hydroxyl groups excluding tert-OH is 1. The Morgan fingerprint density at radius 3 is 2.82 bits per heavy atom. The van der Waals surface area contributed by atoms with Crippen LogP contribution in [-0.2, 0) is 0 Å². The fraction of sp³-hybridized carbons (Fsp3) is 0.269. The van der Waals surface area contributed by atoms with Crippen molar-refractivity contribution in [1.29, 1.82) is 0 Å². The lowest BCUT2D eigenvalue weighted by atomic mass is 9.97. The van der Waals surface area contributed by atoms with Crippen molar-refractivity contribution < 1.29 is 24.1 Å². The highest BCUT2D eigenvalue weighted by Gasteiger charge is 2.30. The lowest BCUT2D eigenvalue weighted by molar-refractivity contribution is -0.0506. The molecule has 0 aliphatic carbocycles. The van der Waals surface area contributed by atoms with Gasteiger partial charge < -0.3 is 25.0 Å². The molecule has 34 heavy (non-hydrogen) atoms. The summed E-state index contributed by atoms with van der Waals surface area (Å²) < 4.78 is 27.8. The van der Waals surface area contributed by atoms with E-state index in [1.165, 1.54) is 12.1 Å². The van der Waals surface area contributed by atoms with E-state index in [0.29, 0.717) is 18.7 Å². The van der Waals surface area contributed by atoms with Crippen molar-refractivity contribution in [3.63, 3.8) is 0 Å². The second-order valence-corrected chi connectivity index (χ2v) is 8.81. The number of aryl methyl sites for hydroxylation is 1. The van der Waals surface area contributed by atoms with Gasteiger partial charge in [0, 0.05) is 41.3 Å². The van der Waals surface area contributed by atoms with E-state index in [4.69, 9.17) is 9.47 Å². The lowest BCUT2D eigenvalue weighted by Gasteiger charge is -2.15. The molecule has 174 valence electrons. The number of fused-ring (bicyclic) bond motifs is 3. The van der Waals surface area contributed by atoms with Crippen molar-refractivity contribution in [3.05, 3.63) is 77.4 Å². The molecule has 0 saturated heterocycles. The number of hydrogen-bond acceptors (Lipinski definition) is 6. The number of imidazole rings is 1. The molecule has 6 rings (SSSR count). The number of hydrogen-bond donors (Lipinski definition) is 3. The summed E-state index contributed by atoms with van der Waals surface area (Å²) in [4.78, 5) is 4.58. The molecular formula is C26H24FN3O4. The molecule has 4 aromatic rings. The first-order valence-electron chi connectivity index (χ1n) is 11.3. The highest BCUT2D eigenvalue weighted by Crippen LogP contribution is 2.42. The summed E-state index contributed by atoms with van der Waals surface area (Å²) in [7, 11) is 0. The third kappa shape index (κ3) is 3.46. The number of aliphatic hydroxyl groups is 2.